The van der Waals surface area contributed by atoms with Crippen LogP contribution in [0.15, 0.2) is 89.5 Å². The van der Waals surface area contributed by atoms with Gasteiger partial charge >= 0.3 is 0 Å². The lowest BCUT2D eigenvalue weighted by molar-refractivity contribution is 0.434. The van der Waals surface area contributed by atoms with Gasteiger partial charge in [0, 0.05) is 23.1 Å². The number of nitrogens with zero attached hydrogens (tertiary/aromatic N) is 1. The summed E-state index contributed by atoms with van der Waals surface area (Å²) in [5, 5.41) is 4.63. The lowest BCUT2D eigenvalue weighted by Crippen LogP contribution is -2.43. The molecule has 0 fully saturated rings. The Morgan fingerprint density at radius 1 is 0.781 bits per heavy atom. The molecule has 0 aliphatic rings. The van der Waals surface area contributed by atoms with Gasteiger partial charge in [0.2, 0.25) is 8.32 Å². The van der Waals surface area contributed by atoms with Gasteiger partial charge in [0.05, 0.1) is 0 Å². The van der Waals surface area contributed by atoms with Gasteiger partial charge in [-0.05, 0) is 35.8 Å². The third-order valence-electron chi connectivity index (χ3n) is 6.35. The van der Waals surface area contributed by atoms with E-state index in [4.69, 9.17) is 8.95 Å². The van der Waals surface area contributed by atoms with Crippen molar-refractivity contribution < 1.29 is 8.95 Å². The summed E-state index contributed by atoms with van der Waals surface area (Å²) in [7, 11) is -1.86. The third-order valence-corrected chi connectivity index (χ3v) is 10.7. The monoisotopic (exact) mass is 441 g/mol. The van der Waals surface area contributed by atoms with Gasteiger partial charge in [0.15, 0.2) is 5.76 Å². The number of benzene rings is 3. The molecule has 0 saturated carbocycles. The molecular formula is C28H31NO2Si. The molecule has 3 nitrogen and oxygen atoms in total. The molecule has 4 heteroatoms. The molecule has 1 aromatic heterocycles. The van der Waals surface area contributed by atoms with Crippen LogP contribution in [-0.2, 0) is 6.42 Å². The zero-order valence-corrected chi connectivity index (χ0v) is 20.6. The number of hydrogen-bond donors (Lipinski definition) is 0. The van der Waals surface area contributed by atoms with Crippen LogP contribution < -0.4 is 4.43 Å². The van der Waals surface area contributed by atoms with Crippen molar-refractivity contribution in [3.63, 3.8) is 0 Å². The topological polar surface area (TPSA) is 35.3 Å². The van der Waals surface area contributed by atoms with Gasteiger partial charge in [-0.2, -0.15) is 0 Å². The van der Waals surface area contributed by atoms with E-state index in [2.05, 4.69) is 87.6 Å². The molecule has 0 aliphatic carbocycles. The maximum atomic E-state index is 6.45. The fourth-order valence-electron chi connectivity index (χ4n) is 3.44. The van der Waals surface area contributed by atoms with Crippen LogP contribution in [0.2, 0.25) is 18.1 Å². The summed E-state index contributed by atoms with van der Waals surface area (Å²) in [6.07, 6.45) is 0.734. The van der Waals surface area contributed by atoms with E-state index in [1.807, 2.05) is 36.4 Å². The molecular weight excluding hydrogens is 410 g/mol. The Morgan fingerprint density at radius 3 is 1.91 bits per heavy atom. The Morgan fingerprint density at radius 2 is 1.34 bits per heavy atom. The highest BCUT2D eigenvalue weighted by Gasteiger charge is 2.38. The maximum Gasteiger partial charge on any atom is 0.250 e. The summed E-state index contributed by atoms with van der Waals surface area (Å²) in [5.74, 6) is 1.77. The first kappa shape index (κ1) is 22.1. The van der Waals surface area contributed by atoms with Gasteiger partial charge in [0.1, 0.15) is 11.4 Å². The Bertz CT molecular complexity index is 1100. The van der Waals surface area contributed by atoms with Crippen LogP contribution in [0.4, 0.5) is 0 Å². The minimum absolute atomic E-state index is 0.170. The molecule has 4 rings (SSSR count). The number of rotatable bonds is 6. The smallest absolute Gasteiger partial charge is 0.250 e. The van der Waals surface area contributed by atoms with Crippen molar-refractivity contribution in [3.05, 3.63) is 96.1 Å². The molecule has 0 N–H and O–H groups in total. The second kappa shape index (κ2) is 8.79. The molecule has 0 atom stereocenters. The summed E-state index contributed by atoms with van der Waals surface area (Å²) < 4.78 is 12.3. The Labute approximate surface area is 192 Å². The molecule has 1 heterocycles. The normalized spacial score (nSPS) is 12.0. The van der Waals surface area contributed by atoms with Crippen LogP contribution >= 0.6 is 0 Å². The van der Waals surface area contributed by atoms with Gasteiger partial charge in [-0.1, -0.05) is 98.7 Å². The van der Waals surface area contributed by atoms with Crippen molar-refractivity contribution in [2.75, 3.05) is 0 Å². The summed E-state index contributed by atoms with van der Waals surface area (Å²) in [4.78, 5) is 0. The van der Waals surface area contributed by atoms with Crippen molar-refractivity contribution in [2.24, 2.45) is 0 Å². The van der Waals surface area contributed by atoms with Crippen molar-refractivity contribution in [1.29, 1.82) is 0 Å². The molecule has 3 aromatic carbocycles. The third kappa shape index (κ3) is 4.70. The van der Waals surface area contributed by atoms with E-state index in [0.29, 0.717) is 0 Å². The van der Waals surface area contributed by atoms with E-state index < -0.39 is 8.32 Å². The van der Waals surface area contributed by atoms with E-state index in [0.717, 1.165) is 40.3 Å². The Hall–Kier alpha value is -3.11. The lowest BCUT2D eigenvalue weighted by Gasteiger charge is -2.36. The Balaban J connectivity index is 1.66. The molecule has 32 heavy (non-hydrogen) atoms. The molecule has 0 radical (unpaired) electrons. The summed E-state index contributed by atoms with van der Waals surface area (Å²) in [6.45, 7) is 11.3. The van der Waals surface area contributed by atoms with Crippen LogP contribution in [0.5, 0.6) is 5.75 Å². The second-order valence-electron chi connectivity index (χ2n) is 9.75. The summed E-state index contributed by atoms with van der Waals surface area (Å²) in [6, 6.07) is 28.9. The van der Waals surface area contributed by atoms with E-state index in [1.54, 1.807) is 0 Å². The highest BCUT2D eigenvalue weighted by atomic mass is 28.4. The van der Waals surface area contributed by atoms with Gasteiger partial charge < -0.3 is 8.95 Å². The highest BCUT2D eigenvalue weighted by Crippen LogP contribution is 2.38. The predicted octanol–water partition coefficient (Wildman–Crippen LogP) is 7.98. The highest BCUT2D eigenvalue weighted by molar-refractivity contribution is 6.74. The van der Waals surface area contributed by atoms with E-state index in [-0.39, 0.29) is 5.04 Å². The predicted molar refractivity (Wildman–Crippen MR) is 134 cm³/mol. The van der Waals surface area contributed by atoms with Crippen LogP contribution in [0.25, 0.3) is 22.6 Å². The van der Waals surface area contributed by atoms with E-state index in [9.17, 15) is 0 Å². The quantitative estimate of drug-likeness (QED) is 0.284. The van der Waals surface area contributed by atoms with E-state index >= 15 is 0 Å². The van der Waals surface area contributed by atoms with E-state index in [1.165, 1.54) is 5.56 Å². The first-order valence-corrected chi connectivity index (χ1v) is 14.0. The summed E-state index contributed by atoms with van der Waals surface area (Å²) >= 11 is 0. The van der Waals surface area contributed by atoms with Crippen LogP contribution in [0, 0.1) is 0 Å². The fraction of sp³-hybridized carbons (Fsp3) is 0.250. The maximum absolute atomic E-state index is 6.45. The van der Waals surface area contributed by atoms with Gasteiger partial charge in [-0.15, -0.1) is 0 Å². The average Bonchev–Trinajstić information content (AvgIpc) is 3.19. The fourth-order valence-corrected chi connectivity index (χ4v) is 4.47. The van der Waals surface area contributed by atoms with Crippen molar-refractivity contribution in [1.82, 2.24) is 5.16 Å². The SMILES string of the molecule is CC(C)(C)[Si](C)(C)Oc1ccc(Cc2c(-c3ccccc3)noc2-c2ccccc2)cc1. The molecule has 164 valence electrons. The standard InChI is InChI=1S/C28H31NO2Si/c1-28(2,3)32(4,5)31-24-18-16-21(17-19-24)20-25-26(22-12-8-6-9-13-22)29-30-27(25)23-14-10-7-11-15-23/h6-19H,20H2,1-5H3. The molecule has 0 aliphatic heterocycles. The first-order valence-electron chi connectivity index (χ1n) is 11.1. The first-order chi connectivity index (χ1) is 15.2. The molecule has 0 bridgehead atoms. The molecule has 0 saturated heterocycles. The molecule has 0 amide bonds. The zero-order valence-electron chi connectivity index (χ0n) is 19.6. The van der Waals surface area contributed by atoms with Crippen molar-refractivity contribution in [3.8, 4) is 28.3 Å². The minimum Gasteiger partial charge on any atom is -0.544 e. The van der Waals surface area contributed by atoms with Gasteiger partial charge in [-0.25, -0.2) is 0 Å². The number of hydrogen-bond acceptors (Lipinski definition) is 3. The molecule has 0 spiro atoms. The molecule has 4 aromatic rings. The molecule has 0 unspecified atom stereocenters. The second-order valence-corrected chi connectivity index (χ2v) is 14.5. The van der Waals surface area contributed by atoms with Crippen LogP contribution in [-0.4, -0.2) is 13.5 Å². The van der Waals surface area contributed by atoms with Crippen molar-refractivity contribution in [2.45, 2.75) is 45.3 Å². The largest absolute Gasteiger partial charge is 0.544 e. The minimum atomic E-state index is -1.86. The average molecular weight is 442 g/mol. The summed E-state index contributed by atoms with van der Waals surface area (Å²) in [5.41, 5.74) is 5.29. The van der Waals surface area contributed by atoms with Crippen LogP contribution in [0.1, 0.15) is 31.9 Å². The zero-order chi connectivity index (χ0) is 22.8. The van der Waals surface area contributed by atoms with Crippen LogP contribution in [0.3, 0.4) is 0 Å². The van der Waals surface area contributed by atoms with Gasteiger partial charge in [0.25, 0.3) is 0 Å². The number of aromatic nitrogens is 1. The van der Waals surface area contributed by atoms with Crippen molar-refractivity contribution >= 4 is 8.32 Å². The Kier molecular flexibility index (Phi) is 6.07. The van der Waals surface area contributed by atoms with Gasteiger partial charge in [-0.3, -0.25) is 0 Å². The lowest BCUT2D eigenvalue weighted by atomic mass is 9.96.